The van der Waals surface area contributed by atoms with E-state index in [-0.39, 0.29) is 0 Å². The second-order valence-corrected chi connectivity index (χ2v) is 8.57. The van der Waals surface area contributed by atoms with Gasteiger partial charge < -0.3 is 14.9 Å². The van der Waals surface area contributed by atoms with Gasteiger partial charge in [-0.15, -0.1) is 0 Å². The second kappa shape index (κ2) is 6.78. The molecule has 3 heteroatoms. The third-order valence-corrected chi connectivity index (χ3v) is 7.12. The van der Waals surface area contributed by atoms with Gasteiger partial charge in [-0.2, -0.15) is 0 Å². The minimum absolute atomic E-state index is 0.368. The van der Waals surface area contributed by atoms with Crippen LogP contribution in [0.15, 0.2) is 30.3 Å². The standard InChI is InChI=1S/C21H32N2O/c1-22-10-7-21(8-11-22)9-12-23(15-19(21)16-24)14-18-13-20(18)17-5-3-2-4-6-17/h2-6,18-20,24H,7-16H2,1H3/t18-,19?,20-/m0/s1. The summed E-state index contributed by atoms with van der Waals surface area (Å²) in [6.45, 7) is 6.35. The highest BCUT2D eigenvalue weighted by Crippen LogP contribution is 2.49. The van der Waals surface area contributed by atoms with Gasteiger partial charge in [-0.25, -0.2) is 0 Å². The summed E-state index contributed by atoms with van der Waals surface area (Å²) in [5, 5.41) is 10.0. The number of hydrogen-bond donors (Lipinski definition) is 1. The Hall–Kier alpha value is -0.900. The molecular formula is C21H32N2O. The maximum Gasteiger partial charge on any atom is 0.0476 e. The molecule has 0 amide bonds. The lowest BCUT2D eigenvalue weighted by molar-refractivity contribution is -0.0389. The van der Waals surface area contributed by atoms with E-state index in [0.29, 0.717) is 17.9 Å². The Morgan fingerprint density at radius 2 is 1.79 bits per heavy atom. The first-order chi connectivity index (χ1) is 11.7. The van der Waals surface area contributed by atoms with Crippen LogP contribution < -0.4 is 0 Å². The molecule has 1 aromatic carbocycles. The molecule has 3 fully saturated rings. The summed E-state index contributed by atoms with van der Waals surface area (Å²) in [6.07, 6.45) is 5.19. The Labute approximate surface area is 146 Å². The molecule has 3 atom stereocenters. The highest BCUT2D eigenvalue weighted by atomic mass is 16.3. The minimum atomic E-state index is 0.368. The lowest BCUT2D eigenvalue weighted by atomic mass is 9.64. The minimum Gasteiger partial charge on any atom is -0.396 e. The summed E-state index contributed by atoms with van der Waals surface area (Å²) in [4.78, 5) is 5.10. The third kappa shape index (κ3) is 3.26. The largest absolute Gasteiger partial charge is 0.396 e. The van der Waals surface area contributed by atoms with E-state index in [0.717, 1.165) is 18.4 Å². The van der Waals surface area contributed by atoms with Crippen molar-refractivity contribution in [3.8, 4) is 0 Å². The number of aliphatic hydroxyl groups is 1. The zero-order valence-electron chi connectivity index (χ0n) is 15.0. The van der Waals surface area contributed by atoms with Crippen molar-refractivity contribution in [2.75, 3.05) is 46.4 Å². The number of piperidine rings is 2. The van der Waals surface area contributed by atoms with Gasteiger partial charge in [-0.3, -0.25) is 0 Å². The summed E-state index contributed by atoms with van der Waals surface area (Å²) in [6, 6.07) is 11.0. The predicted octanol–water partition coefficient (Wildman–Crippen LogP) is 2.82. The Kier molecular flexibility index (Phi) is 4.68. The zero-order valence-corrected chi connectivity index (χ0v) is 15.0. The molecule has 1 N–H and O–H groups in total. The van der Waals surface area contributed by atoms with Crippen molar-refractivity contribution in [1.82, 2.24) is 9.80 Å². The number of nitrogens with zero attached hydrogens (tertiary/aromatic N) is 2. The highest BCUT2D eigenvalue weighted by molar-refractivity contribution is 5.25. The molecule has 3 aliphatic rings. The van der Waals surface area contributed by atoms with Crippen LogP contribution in [-0.2, 0) is 0 Å². The van der Waals surface area contributed by atoms with Crippen molar-refractivity contribution in [3.63, 3.8) is 0 Å². The Morgan fingerprint density at radius 3 is 2.50 bits per heavy atom. The molecule has 0 bridgehead atoms. The van der Waals surface area contributed by atoms with Crippen molar-refractivity contribution in [1.29, 1.82) is 0 Å². The topological polar surface area (TPSA) is 26.7 Å². The third-order valence-electron chi connectivity index (χ3n) is 7.12. The predicted molar refractivity (Wildman–Crippen MR) is 98.1 cm³/mol. The highest BCUT2D eigenvalue weighted by Gasteiger charge is 2.46. The van der Waals surface area contributed by atoms with Gasteiger partial charge in [-0.05, 0) is 75.2 Å². The fraction of sp³-hybridized carbons (Fsp3) is 0.714. The van der Waals surface area contributed by atoms with Crippen molar-refractivity contribution in [3.05, 3.63) is 35.9 Å². The van der Waals surface area contributed by atoms with Crippen LogP contribution in [0.5, 0.6) is 0 Å². The quantitative estimate of drug-likeness (QED) is 0.921. The SMILES string of the molecule is CN1CCC2(CC1)CCN(C[C@@H]1C[C@H]1c1ccccc1)CC2CO. The van der Waals surface area contributed by atoms with E-state index in [1.165, 1.54) is 57.4 Å². The van der Waals surface area contributed by atoms with Crippen LogP contribution in [0.1, 0.15) is 37.2 Å². The Balaban J connectivity index is 1.33. The molecule has 2 saturated heterocycles. The molecule has 1 aliphatic carbocycles. The van der Waals surface area contributed by atoms with Crippen LogP contribution in [0.25, 0.3) is 0 Å². The van der Waals surface area contributed by atoms with Crippen molar-refractivity contribution in [2.45, 2.75) is 31.6 Å². The number of aliphatic hydroxyl groups excluding tert-OH is 1. The maximum atomic E-state index is 10.0. The van der Waals surface area contributed by atoms with Crippen LogP contribution in [0.4, 0.5) is 0 Å². The molecule has 1 unspecified atom stereocenters. The molecule has 4 rings (SSSR count). The van der Waals surface area contributed by atoms with Gasteiger partial charge in [0, 0.05) is 25.6 Å². The van der Waals surface area contributed by atoms with Crippen LogP contribution in [0, 0.1) is 17.3 Å². The normalized spacial score (nSPS) is 33.7. The monoisotopic (exact) mass is 328 g/mol. The first kappa shape index (κ1) is 16.6. The lowest BCUT2D eigenvalue weighted by Crippen LogP contribution is -2.53. The van der Waals surface area contributed by atoms with E-state index < -0.39 is 0 Å². The van der Waals surface area contributed by atoms with E-state index in [1.54, 1.807) is 0 Å². The lowest BCUT2D eigenvalue weighted by Gasteiger charge is -2.51. The first-order valence-electron chi connectivity index (χ1n) is 9.77. The summed E-state index contributed by atoms with van der Waals surface area (Å²) in [7, 11) is 2.23. The average Bonchev–Trinajstić information content (AvgIpc) is 3.39. The fourth-order valence-electron chi connectivity index (χ4n) is 5.21. The van der Waals surface area contributed by atoms with Crippen LogP contribution in [0.2, 0.25) is 0 Å². The molecule has 1 aromatic rings. The molecule has 3 nitrogen and oxygen atoms in total. The molecule has 2 aliphatic heterocycles. The number of benzene rings is 1. The zero-order chi connectivity index (χ0) is 16.6. The molecule has 1 saturated carbocycles. The number of likely N-dealkylation sites (tertiary alicyclic amines) is 2. The van der Waals surface area contributed by atoms with Crippen molar-refractivity contribution in [2.24, 2.45) is 17.3 Å². The van der Waals surface area contributed by atoms with Gasteiger partial charge in [0.05, 0.1) is 0 Å². The second-order valence-electron chi connectivity index (χ2n) is 8.57. The molecule has 24 heavy (non-hydrogen) atoms. The van der Waals surface area contributed by atoms with Crippen molar-refractivity contribution < 1.29 is 5.11 Å². The summed E-state index contributed by atoms with van der Waals surface area (Å²) < 4.78 is 0. The molecule has 0 radical (unpaired) electrons. The van der Waals surface area contributed by atoms with E-state index in [9.17, 15) is 5.11 Å². The van der Waals surface area contributed by atoms with Gasteiger partial charge in [-0.1, -0.05) is 30.3 Å². The maximum absolute atomic E-state index is 10.0. The van der Waals surface area contributed by atoms with Crippen LogP contribution in [0.3, 0.4) is 0 Å². The Morgan fingerprint density at radius 1 is 1.08 bits per heavy atom. The van der Waals surface area contributed by atoms with E-state index >= 15 is 0 Å². The number of rotatable bonds is 4. The van der Waals surface area contributed by atoms with Crippen molar-refractivity contribution >= 4 is 0 Å². The van der Waals surface area contributed by atoms with Crippen LogP contribution in [-0.4, -0.2) is 61.3 Å². The summed E-state index contributed by atoms with van der Waals surface area (Å²) in [5.74, 6) is 2.09. The summed E-state index contributed by atoms with van der Waals surface area (Å²) in [5.41, 5.74) is 1.94. The summed E-state index contributed by atoms with van der Waals surface area (Å²) >= 11 is 0. The van der Waals surface area contributed by atoms with Gasteiger partial charge in [0.15, 0.2) is 0 Å². The number of hydrogen-bond acceptors (Lipinski definition) is 3. The first-order valence-corrected chi connectivity index (χ1v) is 9.77. The molecule has 0 aromatic heterocycles. The smallest absolute Gasteiger partial charge is 0.0476 e. The fourth-order valence-corrected chi connectivity index (χ4v) is 5.21. The van der Waals surface area contributed by atoms with Gasteiger partial charge in [0.2, 0.25) is 0 Å². The van der Waals surface area contributed by atoms with Crippen LogP contribution >= 0.6 is 0 Å². The Bertz CT molecular complexity index is 538. The van der Waals surface area contributed by atoms with E-state index in [1.807, 2.05) is 0 Å². The molecular weight excluding hydrogens is 296 g/mol. The van der Waals surface area contributed by atoms with E-state index in [4.69, 9.17) is 0 Å². The van der Waals surface area contributed by atoms with Gasteiger partial charge in [0.1, 0.15) is 0 Å². The molecule has 132 valence electrons. The molecule has 2 heterocycles. The van der Waals surface area contributed by atoms with E-state index in [2.05, 4.69) is 47.2 Å². The van der Waals surface area contributed by atoms with Gasteiger partial charge in [0.25, 0.3) is 0 Å². The molecule has 1 spiro atoms. The average molecular weight is 329 g/mol. The van der Waals surface area contributed by atoms with Gasteiger partial charge >= 0.3 is 0 Å².